The Balaban J connectivity index is 2.16. The first-order valence-corrected chi connectivity index (χ1v) is 5.72. The fourth-order valence-corrected chi connectivity index (χ4v) is 2.06. The van der Waals surface area contributed by atoms with Crippen LogP contribution in [0.25, 0.3) is 0 Å². The summed E-state index contributed by atoms with van der Waals surface area (Å²) in [6.07, 6.45) is 1.02. The molecule has 2 nitrogen and oxygen atoms in total. The van der Waals surface area contributed by atoms with Crippen molar-refractivity contribution in [2.24, 2.45) is 0 Å². The van der Waals surface area contributed by atoms with Crippen LogP contribution in [0.4, 0.5) is 5.69 Å². The molecule has 1 atom stereocenters. The second kappa shape index (κ2) is 4.60. The Morgan fingerprint density at radius 3 is 2.80 bits per heavy atom. The largest absolute Gasteiger partial charge is 0.379 e. The van der Waals surface area contributed by atoms with Crippen LogP contribution in [0.5, 0.6) is 0 Å². The van der Waals surface area contributed by atoms with Gasteiger partial charge in [0.15, 0.2) is 0 Å². The predicted molar refractivity (Wildman–Crippen MR) is 64.0 cm³/mol. The van der Waals surface area contributed by atoms with Gasteiger partial charge in [-0.15, -0.1) is 0 Å². The van der Waals surface area contributed by atoms with E-state index in [2.05, 4.69) is 5.32 Å². The molecule has 1 aliphatic heterocycles. The molecule has 0 radical (unpaired) electrons. The first-order valence-electron chi connectivity index (χ1n) is 4.97. The highest BCUT2D eigenvalue weighted by Gasteiger charge is 2.16. The molecule has 0 aromatic heterocycles. The summed E-state index contributed by atoms with van der Waals surface area (Å²) in [4.78, 5) is 0. The van der Waals surface area contributed by atoms with Crippen molar-refractivity contribution in [3.63, 3.8) is 0 Å². The van der Waals surface area contributed by atoms with Crippen molar-refractivity contribution in [1.82, 2.24) is 0 Å². The lowest BCUT2D eigenvalue weighted by molar-refractivity contribution is 0.195. The standard InChI is InChI=1S/C11H13Cl2NO/c1-7-4-10(13)11(5-9(7)12)14-8-2-3-15-6-8/h4-5,8,14H,2-3,6H2,1H3. The topological polar surface area (TPSA) is 21.3 Å². The highest BCUT2D eigenvalue weighted by atomic mass is 35.5. The van der Waals surface area contributed by atoms with Gasteiger partial charge in [0.25, 0.3) is 0 Å². The molecule has 1 aromatic rings. The molecule has 0 aliphatic carbocycles. The lowest BCUT2D eigenvalue weighted by Gasteiger charge is -2.14. The third-order valence-electron chi connectivity index (χ3n) is 2.54. The second-order valence-electron chi connectivity index (χ2n) is 3.79. The molecule has 1 saturated heterocycles. The van der Waals surface area contributed by atoms with Gasteiger partial charge in [0, 0.05) is 11.6 Å². The van der Waals surface area contributed by atoms with Gasteiger partial charge in [-0.05, 0) is 31.0 Å². The molecule has 1 heterocycles. The molecule has 1 N–H and O–H groups in total. The zero-order valence-electron chi connectivity index (χ0n) is 8.52. The average molecular weight is 246 g/mol. The van der Waals surface area contributed by atoms with Gasteiger partial charge in [-0.25, -0.2) is 0 Å². The van der Waals surface area contributed by atoms with Crippen LogP contribution in [0.2, 0.25) is 10.0 Å². The van der Waals surface area contributed by atoms with Crippen molar-refractivity contribution in [2.75, 3.05) is 18.5 Å². The van der Waals surface area contributed by atoms with Crippen LogP contribution in [0.1, 0.15) is 12.0 Å². The zero-order valence-corrected chi connectivity index (χ0v) is 10.0. The summed E-state index contributed by atoms with van der Waals surface area (Å²) in [6.45, 7) is 3.49. The van der Waals surface area contributed by atoms with Crippen LogP contribution < -0.4 is 5.32 Å². The van der Waals surface area contributed by atoms with Crippen molar-refractivity contribution < 1.29 is 4.74 Å². The van der Waals surface area contributed by atoms with Crippen molar-refractivity contribution in [2.45, 2.75) is 19.4 Å². The van der Waals surface area contributed by atoms with Gasteiger partial charge in [-0.3, -0.25) is 0 Å². The van der Waals surface area contributed by atoms with Crippen LogP contribution in [-0.2, 0) is 4.74 Å². The van der Waals surface area contributed by atoms with E-state index < -0.39 is 0 Å². The normalized spacial score (nSPS) is 20.6. The molecule has 82 valence electrons. The van der Waals surface area contributed by atoms with E-state index in [0.717, 1.165) is 35.9 Å². The van der Waals surface area contributed by atoms with Crippen LogP contribution in [0.3, 0.4) is 0 Å². The van der Waals surface area contributed by atoms with E-state index in [1.807, 2.05) is 19.1 Å². The molecule has 2 rings (SSSR count). The highest BCUT2D eigenvalue weighted by molar-refractivity contribution is 6.35. The van der Waals surface area contributed by atoms with Crippen LogP contribution >= 0.6 is 23.2 Å². The van der Waals surface area contributed by atoms with Crippen LogP contribution in [0, 0.1) is 6.92 Å². The number of hydrogen-bond acceptors (Lipinski definition) is 2. The Kier molecular flexibility index (Phi) is 3.39. The molecular weight excluding hydrogens is 233 g/mol. The number of rotatable bonds is 2. The lowest BCUT2D eigenvalue weighted by atomic mass is 10.2. The van der Waals surface area contributed by atoms with E-state index in [-0.39, 0.29) is 0 Å². The molecular formula is C11H13Cl2NO. The maximum atomic E-state index is 6.12. The van der Waals surface area contributed by atoms with Gasteiger partial charge >= 0.3 is 0 Å². The van der Waals surface area contributed by atoms with E-state index in [1.165, 1.54) is 0 Å². The Morgan fingerprint density at radius 1 is 1.33 bits per heavy atom. The quantitative estimate of drug-likeness (QED) is 0.862. The molecule has 1 aliphatic rings. The summed E-state index contributed by atoms with van der Waals surface area (Å²) in [6, 6.07) is 4.10. The fourth-order valence-electron chi connectivity index (χ4n) is 1.63. The van der Waals surface area contributed by atoms with E-state index >= 15 is 0 Å². The molecule has 1 unspecified atom stereocenters. The maximum absolute atomic E-state index is 6.12. The molecule has 0 spiro atoms. The monoisotopic (exact) mass is 245 g/mol. The molecule has 0 saturated carbocycles. The fraction of sp³-hybridized carbons (Fsp3) is 0.455. The first kappa shape index (κ1) is 11.1. The van der Waals surface area contributed by atoms with E-state index in [1.54, 1.807) is 0 Å². The minimum atomic E-state index is 0.348. The Labute approximate surface area is 99.5 Å². The van der Waals surface area contributed by atoms with Gasteiger partial charge in [0.05, 0.1) is 23.4 Å². The number of anilines is 1. The third kappa shape index (κ3) is 2.57. The minimum absolute atomic E-state index is 0.348. The van der Waals surface area contributed by atoms with Crippen molar-refractivity contribution in [3.8, 4) is 0 Å². The number of halogens is 2. The molecule has 0 bridgehead atoms. The van der Waals surface area contributed by atoms with Gasteiger partial charge in [-0.2, -0.15) is 0 Å². The predicted octanol–water partition coefficient (Wildman–Crippen LogP) is 3.50. The Bertz CT molecular complexity index is 362. The average Bonchev–Trinajstić information content (AvgIpc) is 2.67. The minimum Gasteiger partial charge on any atom is -0.379 e. The number of aryl methyl sites for hydroxylation is 1. The smallest absolute Gasteiger partial charge is 0.0668 e. The zero-order chi connectivity index (χ0) is 10.8. The SMILES string of the molecule is Cc1cc(Cl)c(NC2CCOC2)cc1Cl. The summed E-state index contributed by atoms with van der Waals surface area (Å²) in [5.41, 5.74) is 1.89. The Morgan fingerprint density at radius 2 is 2.13 bits per heavy atom. The van der Waals surface area contributed by atoms with Crippen molar-refractivity contribution in [3.05, 3.63) is 27.7 Å². The second-order valence-corrected chi connectivity index (χ2v) is 4.60. The van der Waals surface area contributed by atoms with Crippen LogP contribution in [-0.4, -0.2) is 19.3 Å². The maximum Gasteiger partial charge on any atom is 0.0668 e. The Hall–Kier alpha value is -0.440. The number of hydrogen-bond donors (Lipinski definition) is 1. The molecule has 15 heavy (non-hydrogen) atoms. The summed E-state index contributed by atoms with van der Waals surface area (Å²) in [5, 5.41) is 4.78. The lowest BCUT2D eigenvalue weighted by Crippen LogP contribution is -2.19. The summed E-state index contributed by atoms with van der Waals surface area (Å²) < 4.78 is 5.28. The van der Waals surface area contributed by atoms with Crippen molar-refractivity contribution >= 4 is 28.9 Å². The van der Waals surface area contributed by atoms with E-state index in [0.29, 0.717) is 11.1 Å². The number of benzene rings is 1. The van der Waals surface area contributed by atoms with Gasteiger partial charge in [-0.1, -0.05) is 23.2 Å². The van der Waals surface area contributed by atoms with Gasteiger partial charge < -0.3 is 10.1 Å². The van der Waals surface area contributed by atoms with E-state index in [4.69, 9.17) is 27.9 Å². The molecule has 1 fully saturated rings. The number of nitrogens with one attached hydrogen (secondary N) is 1. The third-order valence-corrected chi connectivity index (χ3v) is 3.26. The van der Waals surface area contributed by atoms with Crippen molar-refractivity contribution in [1.29, 1.82) is 0 Å². The summed E-state index contributed by atoms with van der Waals surface area (Å²) in [5.74, 6) is 0. The molecule has 0 amide bonds. The summed E-state index contributed by atoms with van der Waals surface area (Å²) >= 11 is 12.2. The summed E-state index contributed by atoms with van der Waals surface area (Å²) in [7, 11) is 0. The van der Waals surface area contributed by atoms with Gasteiger partial charge in [0.2, 0.25) is 0 Å². The van der Waals surface area contributed by atoms with Gasteiger partial charge in [0.1, 0.15) is 0 Å². The molecule has 1 aromatic carbocycles. The molecule has 4 heteroatoms. The first-order chi connectivity index (χ1) is 7.16. The number of ether oxygens (including phenoxy) is 1. The van der Waals surface area contributed by atoms with Crippen LogP contribution in [0.15, 0.2) is 12.1 Å². The highest BCUT2D eigenvalue weighted by Crippen LogP contribution is 2.29. The van der Waals surface area contributed by atoms with E-state index in [9.17, 15) is 0 Å².